The van der Waals surface area contributed by atoms with Gasteiger partial charge in [0.25, 0.3) is 0 Å². The Balaban J connectivity index is 1.92. The normalized spacial score (nSPS) is 17.0. The number of ether oxygens (including phenoxy) is 1. The predicted octanol–water partition coefficient (Wildman–Crippen LogP) is 4.36. The number of amides is 1. The number of rotatable bonds is 6. The highest BCUT2D eigenvalue weighted by Crippen LogP contribution is 2.33. The number of benzene rings is 1. The SMILES string of the molecule is CSCCCNC1CCc2cc(NC(=O)OC(C)(C)C)ccc21. The largest absolute Gasteiger partial charge is 0.444 e. The highest BCUT2D eigenvalue weighted by Gasteiger charge is 2.22. The van der Waals surface area contributed by atoms with Crippen LogP contribution in [0.2, 0.25) is 0 Å². The summed E-state index contributed by atoms with van der Waals surface area (Å²) in [6, 6.07) is 6.61. The summed E-state index contributed by atoms with van der Waals surface area (Å²) in [5.74, 6) is 1.20. The Morgan fingerprint density at radius 2 is 2.17 bits per heavy atom. The Kier molecular flexibility index (Phi) is 6.36. The molecule has 0 spiro atoms. The van der Waals surface area contributed by atoms with E-state index >= 15 is 0 Å². The summed E-state index contributed by atoms with van der Waals surface area (Å²) >= 11 is 1.89. The van der Waals surface area contributed by atoms with Gasteiger partial charge in [-0.3, -0.25) is 5.32 Å². The van der Waals surface area contributed by atoms with Gasteiger partial charge in [0.15, 0.2) is 0 Å². The lowest BCUT2D eigenvalue weighted by Gasteiger charge is -2.20. The fourth-order valence-corrected chi connectivity index (χ4v) is 3.25. The summed E-state index contributed by atoms with van der Waals surface area (Å²) in [6.45, 7) is 6.65. The molecule has 0 fully saturated rings. The Morgan fingerprint density at radius 1 is 1.39 bits per heavy atom. The van der Waals surface area contributed by atoms with E-state index in [4.69, 9.17) is 4.74 Å². The molecule has 2 rings (SSSR count). The second-order valence-electron chi connectivity index (χ2n) is 6.93. The maximum atomic E-state index is 11.8. The molecule has 23 heavy (non-hydrogen) atoms. The maximum absolute atomic E-state index is 11.8. The number of fused-ring (bicyclic) bond motifs is 1. The molecule has 0 radical (unpaired) electrons. The van der Waals surface area contributed by atoms with E-state index in [0.29, 0.717) is 6.04 Å². The van der Waals surface area contributed by atoms with Gasteiger partial charge in [-0.15, -0.1) is 0 Å². The van der Waals surface area contributed by atoms with Crippen LogP contribution in [0.25, 0.3) is 0 Å². The second kappa shape index (κ2) is 8.06. The van der Waals surface area contributed by atoms with Gasteiger partial charge < -0.3 is 10.1 Å². The van der Waals surface area contributed by atoms with Crippen molar-refractivity contribution in [3.8, 4) is 0 Å². The average molecular weight is 337 g/mol. The molecule has 2 N–H and O–H groups in total. The quantitative estimate of drug-likeness (QED) is 0.758. The van der Waals surface area contributed by atoms with Crippen LogP contribution < -0.4 is 10.6 Å². The molecule has 0 aromatic heterocycles. The number of anilines is 1. The first kappa shape index (κ1) is 18.1. The van der Waals surface area contributed by atoms with Crippen LogP contribution in [-0.2, 0) is 11.2 Å². The Morgan fingerprint density at radius 3 is 2.87 bits per heavy atom. The molecular weight excluding hydrogens is 308 g/mol. The standard InChI is InChI=1S/C18H28N2O2S/c1-18(2,3)22-17(21)20-14-7-8-15-13(12-14)6-9-16(15)19-10-5-11-23-4/h7-8,12,16,19H,5-6,9-11H2,1-4H3,(H,20,21). The van der Waals surface area contributed by atoms with Crippen molar-refractivity contribution < 1.29 is 9.53 Å². The first-order chi connectivity index (χ1) is 10.9. The van der Waals surface area contributed by atoms with E-state index in [1.165, 1.54) is 23.3 Å². The fraction of sp³-hybridized carbons (Fsp3) is 0.611. The van der Waals surface area contributed by atoms with Gasteiger partial charge in [-0.25, -0.2) is 4.79 Å². The van der Waals surface area contributed by atoms with Crippen LogP contribution in [-0.4, -0.2) is 30.2 Å². The molecule has 1 unspecified atom stereocenters. The summed E-state index contributed by atoms with van der Waals surface area (Å²) in [7, 11) is 0. The number of carbonyl (C=O) groups is 1. The molecule has 0 heterocycles. The molecule has 0 saturated carbocycles. The lowest BCUT2D eigenvalue weighted by molar-refractivity contribution is 0.0636. The summed E-state index contributed by atoms with van der Waals surface area (Å²) in [5.41, 5.74) is 3.01. The number of thioether (sulfide) groups is 1. The third kappa shape index (κ3) is 5.74. The van der Waals surface area contributed by atoms with E-state index in [2.05, 4.69) is 29.0 Å². The van der Waals surface area contributed by atoms with Crippen molar-refractivity contribution >= 4 is 23.5 Å². The topological polar surface area (TPSA) is 50.4 Å². The van der Waals surface area contributed by atoms with Gasteiger partial charge in [-0.05, 0) is 81.8 Å². The third-order valence-electron chi connectivity index (χ3n) is 3.78. The monoisotopic (exact) mass is 336 g/mol. The molecular formula is C18H28N2O2S. The molecule has 0 bridgehead atoms. The fourth-order valence-electron chi connectivity index (χ4n) is 2.82. The molecule has 0 saturated heterocycles. The van der Waals surface area contributed by atoms with Gasteiger partial charge in [0.05, 0.1) is 0 Å². The number of aryl methyl sites for hydroxylation is 1. The van der Waals surface area contributed by atoms with Crippen molar-refractivity contribution in [2.45, 2.75) is 51.7 Å². The summed E-state index contributed by atoms with van der Waals surface area (Å²) in [5, 5.41) is 6.46. The van der Waals surface area contributed by atoms with Gasteiger partial charge in [0.1, 0.15) is 5.60 Å². The number of carbonyl (C=O) groups excluding carboxylic acids is 1. The molecule has 4 nitrogen and oxygen atoms in total. The van der Waals surface area contributed by atoms with E-state index in [-0.39, 0.29) is 0 Å². The minimum Gasteiger partial charge on any atom is -0.444 e. The van der Waals surface area contributed by atoms with E-state index in [0.717, 1.165) is 25.1 Å². The Bertz CT molecular complexity index is 540. The first-order valence-electron chi connectivity index (χ1n) is 8.24. The van der Waals surface area contributed by atoms with Crippen molar-refractivity contribution in [3.63, 3.8) is 0 Å². The Hall–Kier alpha value is -1.20. The lowest BCUT2D eigenvalue weighted by Crippen LogP contribution is -2.27. The predicted molar refractivity (Wildman–Crippen MR) is 98.4 cm³/mol. The highest BCUT2D eigenvalue weighted by atomic mass is 32.2. The van der Waals surface area contributed by atoms with E-state index in [9.17, 15) is 4.79 Å². The minimum atomic E-state index is -0.480. The van der Waals surface area contributed by atoms with Crippen LogP contribution >= 0.6 is 11.8 Å². The van der Waals surface area contributed by atoms with Crippen molar-refractivity contribution in [2.24, 2.45) is 0 Å². The van der Waals surface area contributed by atoms with Crippen molar-refractivity contribution in [3.05, 3.63) is 29.3 Å². The maximum Gasteiger partial charge on any atom is 0.412 e. The number of hydrogen-bond donors (Lipinski definition) is 2. The van der Waals surface area contributed by atoms with Crippen LogP contribution in [0, 0.1) is 0 Å². The Labute approximate surface area is 143 Å². The van der Waals surface area contributed by atoms with Gasteiger partial charge >= 0.3 is 6.09 Å². The number of hydrogen-bond acceptors (Lipinski definition) is 4. The van der Waals surface area contributed by atoms with Gasteiger partial charge in [-0.1, -0.05) is 6.07 Å². The summed E-state index contributed by atoms with van der Waals surface area (Å²) in [6.07, 6.45) is 5.13. The van der Waals surface area contributed by atoms with Crippen molar-refractivity contribution in [1.29, 1.82) is 0 Å². The van der Waals surface area contributed by atoms with Crippen LogP contribution in [0.15, 0.2) is 18.2 Å². The zero-order valence-electron chi connectivity index (χ0n) is 14.6. The van der Waals surface area contributed by atoms with E-state index < -0.39 is 11.7 Å². The minimum absolute atomic E-state index is 0.401. The molecule has 1 atom stereocenters. The highest BCUT2D eigenvalue weighted by molar-refractivity contribution is 7.98. The second-order valence-corrected chi connectivity index (χ2v) is 7.92. The molecule has 1 amide bonds. The van der Waals surface area contributed by atoms with E-state index in [1.807, 2.05) is 38.6 Å². The van der Waals surface area contributed by atoms with Gasteiger partial charge in [0, 0.05) is 11.7 Å². The molecule has 1 aromatic carbocycles. The van der Waals surface area contributed by atoms with Gasteiger partial charge in [-0.2, -0.15) is 11.8 Å². The van der Waals surface area contributed by atoms with Gasteiger partial charge in [0.2, 0.25) is 0 Å². The van der Waals surface area contributed by atoms with Crippen LogP contribution in [0.1, 0.15) is 50.8 Å². The zero-order chi connectivity index (χ0) is 16.9. The third-order valence-corrected chi connectivity index (χ3v) is 4.48. The van der Waals surface area contributed by atoms with Crippen LogP contribution in [0.5, 0.6) is 0 Å². The van der Waals surface area contributed by atoms with Crippen LogP contribution in [0.3, 0.4) is 0 Å². The summed E-state index contributed by atoms with van der Waals surface area (Å²) in [4.78, 5) is 11.8. The molecule has 5 heteroatoms. The number of nitrogens with one attached hydrogen (secondary N) is 2. The zero-order valence-corrected chi connectivity index (χ0v) is 15.4. The lowest BCUT2D eigenvalue weighted by atomic mass is 10.1. The smallest absolute Gasteiger partial charge is 0.412 e. The van der Waals surface area contributed by atoms with Crippen molar-refractivity contribution in [2.75, 3.05) is 23.9 Å². The van der Waals surface area contributed by atoms with Crippen molar-refractivity contribution in [1.82, 2.24) is 5.32 Å². The molecule has 1 aromatic rings. The average Bonchev–Trinajstić information content (AvgIpc) is 2.84. The van der Waals surface area contributed by atoms with Crippen LogP contribution in [0.4, 0.5) is 10.5 Å². The molecule has 0 aliphatic heterocycles. The van der Waals surface area contributed by atoms with E-state index in [1.54, 1.807) is 0 Å². The molecule has 1 aliphatic rings. The first-order valence-corrected chi connectivity index (χ1v) is 9.63. The summed E-state index contributed by atoms with van der Waals surface area (Å²) < 4.78 is 5.29. The molecule has 128 valence electrons. The molecule has 1 aliphatic carbocycles.